The van der Waals surface area contributed by atoms with Crippen molar-refractivity contribution in [1.29, 1.82) is 0 Å². The van der Waals surface area contributed by atoms with E-state index >= 15 is 0 Å². The van der Waals surface area contributed by atoms with Crippen molar-refractivity contribution in [3.05, 3.63) is 24.3 Å². The first kappa shape index (κ1) is 79.0. The van der Waals surface area contributed by atoms with Gasteiger partial charge in [-0.05, 0) is 240 Å². The Kier molecular flexibility index (Phi) is 65.5. The number of unbranched alkanes of at least 4 members (excludes halogenated alkanes) is 25. The molecule has 0 fully saturated rings. The normalized spacial score (nSPS) is 12.7. The number of hydrogen-bond donors (Lipinski definition) is 10. The molecule has 0 aliphatic carbocycles. The van der Waals surface area contributed by atoms with Crippen LogP contribution in [0.2, 0.25) is 0 Å². The number of rotatable bonds is 68. The van der Waals surface area contributed by atoms with Gasteiger partial charge in [0.05, 0.1) is 12.1 Å². The minimum Gasteiger partial charge on any atom is -0.355 e. The molecule has 0 aliphatic heterocycles. The zero-order valence-electron chi connectivity index (χ0n) is 53.8. The maximum atomic E-state index is 13.5. The largest absolute Gasteiger partial charge is 0.355 e. The highest BCUT2D eigenvalue weighted by Crippen LogP contribution is 2.14. The molecular weight excluding hydrogens is 1000 g/mol. The van der Waals surface area contributed by atoms with Gasteiger partial charge in [-0.15, -0.1) is 0 Å². The Bertz CT molecular complexity index is 1330. The third-order valence-electron chi connectivity index (χ3n) is 15.8. The summed E-state index contributed by atoms with van der Waals surface area (Å²) in [6, 6.07) is -0.416. The summed E-state index contributed by atoms with van der Waals surface area (Å²) in [5, 5.41) is 20.4. The predicted molar refractivity (Wildman–Crippen MR) is 354 cm³/mol. The molecule has 2 atom stereocenters. The molecule has 14 heteroatoms. The standard InChI is InChI=1S/C67H140N12O2/c1-3-5-7-9-11-13-15-17-19-21-23-25-27-29-31-33-58-78(62-42-55-76-66(80)64(74-53-40-48-70)44-37-50-72-51-38-46-68)60-35-36-61-79(59-34-32-30-28-26-24-22-20-18-16-14-12-10-8-6-4-2)63-43-56-77-67(81)65(75-54-41-49-71)45-57-73-52-39-47-69/h17-20,64-65,72-75H,3-16,21-63,68-71H2,1-2H3,(H,76,80)(H,77,81). The van der Waals surface area contributed by atoms with Crippen LogP contribution < -0.4 is 54.8 Å². The first-order valence-corrected chi connectivity index (χ1v) is 35.0. The summed E-state index contributed by atoms with van der Waals surface area (Å²) in [7, 11) is 0. The van der Waals surface area contributed by atoms with Crippen LogP contribution in [0.1, 0.15) is 264 Å². The van der Waals surface area contributed by atoms with E-state index in [4.69, 9.17) is 22.9 Å². The quantitative estimate of drug-likeness (QED) is 0.0203. The predicted octanol–water partition coefficient (Wildman–Crippen LogP) is 11.1. The summed E-state index contributed by atoms with van der Waals surface area (Å²) in [4.78, 5) is 32.2. The molecule has 0 heterocycles. The lowest BCUT2D eigenvalue weighted by molar-refractivity contribution is -0.124. The van der Waals surface area contributed by atoms with Crippen molar-refractivity contribution in [2.75, 3.05) is 118 Å². The third kappa shape index (κ3) is 58.2. The zero-order chi connectivity index (χ0) is 58.8. The number of hydrogen-bond acceptors (Lipinski definition) is 12. The first-order chi connectivity index (χ1) is 40.0. The van der Waals surface area contributed by atoms with E-state index < -0.39 is 0 Å². The number of amides is 2. The van der Waals surface area contributed by atoms with Crippen molar-refractivity contribution in [1.82, 2.24) is 41.7 Å². The van der Waals surface area contributed by atoms with Gasteiger partial charge < -0.3 is 64.6 Å². The van der Waals surface area contributed by atoms with Crippen molar-refractivity contribution in [3.8, 4) is 0 Å². The van der Waals surface area contributed by atoms with E-state index in [0.29, 0.717) is 39.3 Å². The van der Waals surface area contributed by atoms with Crippen LogP contribution in [0, 0.1) is 0 Å². The maximum Gasteiger partial charge on any atom is 0.237 e. The molecular formula is C67H140N12O2. The number of nitrogens with zero attached hydrogens (tertiary/aromatic N) is 2. The summed E-state index contributed by atoms with van der Waals surface area (Å²) in [6.07, 6.45) is 57.1. The molecule has 0 spiro atoms. The van der Waals surface area contributed by atoms with Crippen LogP contribution in [0.3, 0.4) is 0 Å². The van der Waals surface area contributed by atoms with Crippen molar-refractivity contribution in [3.63, 3.8) is 0 Å². The minimum atomic E-state index is -0.222. The molecule has 2 unspecified atom stereocenters. The lowest BCUT2D eigenvalue weighted by atomic mass is 10.1. The van der Waals surface area contributed by atoms with Gasteiger partial charge in [-0.25, -0.2) is 0 Å². The number of nitrogens with one attached hydrogen (secondary N) is 6. The minimum absolute atomic E-state index is 0.0928. The molecule has 0 rings (SSSR count). The van der Waals surface area contributed by atoms with Crippen LogP contribution in [0.5, 0.6) is 0 Å². The summed E-state index contributed by atoms with van der Waals surface area (Å²) in [6.45, 7) is 20.0. The van der Waals surface area contributed by atoms with Crippen molar-refractivity contribution >= 4 is 11.8 Å². The van der Waals surface area contributed by atoms with E-state index in [1.165, 1.54) is 193 Å². The second kappa shape index (κ2) is 67.2. The Hall–Kier alpha value is -1.98. The van der Waals surface area contributed by atoms with Gasteiger partial charge in [0.2, 0.25) is 11.8 Å². The van der Waals surface area contributed by atoms with Gasteiger partial charge in [0.15, 0.2) is 0 Å². The fourth-order valence-electron chi connectivity index (χ4n) is 10.6. The second-order valence-corrected chi connectivity index (χ2v) is 23.6. The molecule has 0 aromatic carbocycles. The highest BCUT2D eigenvalue weighted by molar-refractivity contribution is 5.82. The lowest BCUT2D eigenvalue weighted by Crippen LogP contribution is -2.46. The molecule has 2 amide bonds. The molecule has 0 saturated carbocycles. The summed E-state index contributed by atoms with van der Waals surface area (Å²) < 4.78 is 0. The third-order valence-corrected chi connectivity index (χ3v) is 15.8. The van der Waals surface area contributed by atoms with Crippen molar-refractivity contribution in [2.24, 2.45) is 22.9 Å². The zero-order valence-corrected chi connectivity index (χ0v) is 53.8. The van der Waals surface area contributed by atoms with Gasteiger partial charge in [-0.1, -0.05) is 154 Å². The number of allylic oxidation sites excluding steroid dienone is 4. The van der Waals surface area contributed by atoms with Crippen molar-refractivity contribution < 1.29 is 9.59 Å². The molecule has 0 aromatic heterocycles. The average molecular weight is 1150 g/mol. The van der Waals surface area contributed by atoms with Crippen LogP contribution >= 0.6 is 0 Å². The monoisotopic (exact) mass is 1150 g/mol. The summed E-state index contributed by atoms with van der Waals surface area (Å²) in [5.41, 5.74) is 22.9. The number of nitrogens with two attached hydrogens (primary N) is 4. The number of carbonyl (C=O) groups is 2. The molecule has 0 aromatic rings. The van der Waals surface area contributed by atoms with Gasteiger partial charge >= 0.3 is 0 Å². The average Bonchev–Trinajstić information content (AvgIpc) is 3.47. The first-order valence-electron chi connectivity index (χ1n) is 35.0. The highest BCUT2D eigenvalue weighted by Gasteiger charge is 2.19. The Morgan fingerprint density at radius 2 is 0.617 bits per heavy atom. The fourth-order valence-corrected chi connectivity index (χ4v) is 10.6. The fraction of sp³-hybridized carbons (Fsp3) is 0.910. The number of carbonyl (C=O) groups excluding carboxylic acids is 2. The van der Waals surface area contributed by atoms with Crippen LogP contribution in [0.4, 0.5) is 0 Å². The van der Waals surface area contributed by atoms with Crippen molar-refractivity contribution in [2.45, 2.75) is 276 Å². The van der Waals surface area contributed by atoms with Gasteiger partial charge in [0, 0.05) is 13.1 Å². The summed E-state index contributed by atoms with van der Waals surface area (Å²) in [5.74, 6) is 0.204. The second-order valence-electron chi connectivity index (χ2n) is 23.6. The Morgan fingerprint density at radius 1 is 0.321 bits per heavy atom. The Balaban J connectivity index is 5.44. The lowest BCUT2D eigenvalue weighted by Gasteiger charge is -2.25. The van der Waals surface area contributed by atoms with E-state index in [1.807, 2.05) is 0 Å². The van der Waals surface area contributed by atoms with E-state index in [1.54, 1.807) is 0 Å². The van der Waals surface area contributed by atoms with E-state index in [-0.39, 0.29) is 23.9 Å². The van der Waals surface area contributed by atoms with E-state index in [2.05, 4.69) is 79.9 Å². The maximum absolute atomic E-state index is 13.5. The topological polar surface area (TPSA) is 217 Å². The smallest absolute Gasteiger partial charge is 0.237 e. The molecule has 0 radical (unpaired) electrons. The molecule has 0 bridgehead atoms. The van der Waals surface area contributed by atoms with Crippen LogP contribution in [0.15, 0.2) is 24.3 Å². The van der Waals surface area contributed by atoms with Gasteiger partial charge in [-0.2, -0.15) is 0 Å². The molecule has 0 saturated heterocycles. The Labute approximate surface area is 502 Å². The molecule has 480 valence electrons. The SMILES string of the molecule is CCCCCCCCC=CCCCCCCCCN(CCCCN(CCCCCCCCC=CCCCCCCCC)CCCNC(=O)C(CCNCCCN)NCCCN)CCCNC(=O)C(CCCNCCCN)NCCCN. The summed E-state index contributed by atoms with van der Waals surface area (Å²) >= 11 is 0. The van der Waals surface area contributed by atoms with E-state index in [9.17, 15) is 9.59 Å². The Morgan fingerprint density at radius 3 is 1.00 bits per heavy atom. The van der Waals surface area contributed by atoms with Crippen LogP contribution in [0.25, 0.3) is 0 Å². The van der Waals surface area contributed by atoms with Gasteiger partial charge in [0.1, 0.15) is 0 Å². The molecule has 14 nitrogen and oxygen atoms in total. The molecule has 0 aliphatic rings. The van der Waals surface area contributed by atoms with Crippen LogP contribution in [-0.4, -0.2) is 152 Å². The highest BCUT2D eigenvalue weighted by atomic mass is 16.2. The van der Waals surface area contributed by atoms with E-state index in [0.717, 1.165) is 136 Å². The van der Waals surface area contributed by atoms with Gasteiger partial charge in [-0.3, -0.25) is 9.59 Å². The van der Waals surface area contributed by atoms with Gasteiger partial charge in [0.25, 0.3) is 0 Å². The molecule has 81 heavy (non-hydrogen) atoms. The van der Waals surface area contributed by atoms with Crippen LogP contribution in [-0.2, 0) is 9.59 Å². The molecule has 14 N–H and O–H groups in total.